The first kappa shape index (κ1) is 14.2. The highest BCUT2D eigenvalue weighted by molar-refractivity contribution is 7.37. The first-order chi connectivity index (χ1) is 11.2. The normalized spacial score (nSPS) is 13.3. The maximum Gasteiger partial charge on any atom is 0.597 e. The molecule has 0 aliphatic rings. The number of hydrogen-bond donors (Lipinski definition) is 0. The van der Waals surface area contributed by atoms with Crippen LogP contribution in [-0.2, 0) is 4.57 Å². The van der Waals surface area contributed by atoms with Crippen LogP contribution in [0.1, 0.15) is 24.0 Å². The zero-order valence-electron chi connectivity index (χ0n) is 12.8. The van der Waals surface area contributed by atoms with Gasteiger partial charge in [0, 0.05) is 16.7 Å². The molecule has 1 aromatic heterocycles. The zero-order valence-corrected chi connectivity index (χ0v) is 13.7. The molecule has 112 valence electrons. The van der Waals surface area contributed by atoms with Crippen molar-refractivity contribution in [2.24, 2.45) is 0 Å². The molecule has 0 aliphatic heterocycles. The molecule has 0 bridgehead atoms. The van der Waals surface area contributed by atoms with E-state index < -0.39 is 7.65 Å². The van der Waals surface area contributed by atoms with Gasteiger partial charge in [0.15, 0.2) is 5.58 Å². The van der Waals surface area contributed by atoms with Gasteiger partial charge in [0.25, 0.3) is 0 Å². The van der Waals surface area contributed by atoms with E-state index in [9.17, 15) is 4.57 Å². The van der Waals surface area contributed by atoms with Crippen LogP contribution in [0.4, 0.5) is 0 Å². The fourth-order valence-electron chi connectivity index (χ4n) is 3.04. The third-order valence-electron chi connectivity index (χ3n) is 4.38. The molecule has 0 amide bonds. The minimum Gasteiger partial charge on any atom is -0.250 e. The molecule has 1 heterocycles. The predicted molar refractivity (Wildman–Crippen MR) is 95.3 cm³/mol. The topological polar surface area (TPSA) is 30.2 Å². The summed E-state index contributed by atoms with van der Waals surface area (Å²) in [5.41, 5.74) is 3.19. The van der Waals surface area contributed by atoms with E-state index in [1.54, 1.807) is 0 Å². The van der Waals surface area contributed by atoms with E-state index in [0.717, 1.165) is 15.9 Å². The maximum absolute atomic E-state index is 12.3. The molecule has 4 aromatic rings. The Balaban J connectivity index is 1.97. The van der Waals surface area contributed by atoms with Crippen molar-refractivity contribution in [1.29, 1.82) is 0 Å². The molecule has 0 spiro atoms. The molecule has 0 aliphatic carbocycles. The van der Waals surface area contributed by atoms with E-state index in [2.05, 4.69) is 43.3 Å². The summed E-state index contributed by atoms with van der Waals surface area (Å²) >= 11 is 0. The van der Waals surface area contributed by atoms with Gasteiger partial charge in [-0.15, -0.1) is 0 Å². The molecule has 4 rings (SSSR count). The monoisotopic (exact) mass is 319 g/mol. The molecule has 2 atom stereocenters. The van der Waals surface area contributed by atoms with Crippen molar-refractivity contribution < 1.29 is 8.76 Å². The lowest BCUT2D eigenvalue weighted by atomic mass is 9.92. The Hall–Kier alpha value is -2.44. The van der Waals surface area contributed by atoms with Crippen molar-refractivity contribution in [3.05, 3.63) is 83.9 Å². The first-order valence-corrected chi connectivity index (χ1v) is 8.85. The van der Waals surface area contributed by atoms with E-state index >= 15 is 0 Å². The van der Waals surface area contributed by atoms with Crippen molar-refractivity contribution >= 4 is 29.1 Å². The van der Waals surface area contributed by atoms with Gasteiger partial charge in [-0.3, -0.25) is 0 Å². The van der Waals surface area contributed by atoms with Crippen molar-refractivity contribution in [1.82, 2.24) is 0 Å². The molecule has 2 nitrogen and oxygen atoms in total. The molecule has 0 saturated carbocycles. The zero-order chi connectivity index (χ0) is 15.8. The lowest BCUT2D eigenvalue weighted by Crippen LogP contribution is -1.95. The van der Waals surface area contributed by atoms with Gasteiger partial charge in [-0.05, 0) is 33.9 Å². The summed E-state index contributed by atoms with van der Waals surface area (Å²) in [4.78, 5) is 0. The Morgan fingerprint density at radius 3 is 2.39 bits per heavy atom. The summed E-state index contributed by atoms with van der Waals surface area (Å²) in [6.45, 7) is 2.20. The number of para-hydroxylation sites is 1. The van der Waals surface area contributed by atoms with Crippen LogP contribution in [0.2, 0.25) is 0 Å². The SMILES string of the molecule is CC(c1ccccc1)c1ccc2c(c1)c1ccccc1o[p+]2=O. The molecule has 2 unspecified atom stereocenters. The molecule has 23 heavy (non-hydrogen) atoms. The van der Waals surface area contributed by atoms with E-state index in [1.165, 1.54) is 11.1 Å². The Kier molecular flexibility index (Phi) is 3.48. The maximum atomic E-state index is 12.3. The first-order valence-electron chi connectivity index (χ1n) is 7.67. The Morgan fingerprint density at radius 1 is 0.826 bits per heavy atom. The van der Waals surface area contributed by atoms with E-state index in [0.29, 0.717) is 5.58 Å². The number of rotatable bonds is 2. The molecular weight excluding hydrogens is 303 g/mol. The van der Waals surface area contributed by atoms with Crippen LogP contribution in [0.15, 0.2) is 77.0 Å². The third kappa shape index (κ3) is 2.46. The molecule has 0 radical (unpaired) electrons. The number of benzene rings is 3. The summed E-state index contributed by atoms with van der Waals surface area (Å²) in [6, 6.07) is 24.4. The van der Waals surface area contributed by atoms with Gasteiger partial charge in [0.05, 0.1) is 0 Å². The van der Waals surface area contributed by atoms with Gasteiger partial charge in [0.2, 0.25) is 5.12 Å². The molecular formula is C20H16O2P+. The minimum absolute atomic E-state index is 0.286. The average Bonchev–Trinajstić information content (AvgIpc) is 2.61. The van der Waals surface area contributed by atoms with E-state index in [-0.39, 0.29) is 5.92 Å². The second-order valence-corrected chi connectivity index (χ2v) is 6.93. The second kappa shape index (κ2) is 5.64. The summed E-state index contributed by atoms with van der Waals surface area (Å²) in [6.07, 6.45) is 0. The van der Waals surface area contributed by atoms with Gasteiger partial charge in [-0.2, -0.15) is 0 Å². The second-order valence-electron chi connectivity index (χ2n) is 5.75. The third-order valence-corrected chi connectivity index (χ3v) is 5.52. The van der Waals surface area contributed by atoms with Crippen molar-refractivity contribution in [2.45, 2.75) is 12.8 Å². The quantitative estimate of drug-likeness (QED) is 0.396. The van der Waals surface area contributed by atoms with Gasteiger partial charge >= 0.3 is 7.65 Å². The summed E-state index contributed by atoms with van der Waals surface area (Å²) in [5.74, 6) is 0.286. The van der Waals surface area contributed by atoms with Gasteiger partial charge in [-0.1, -0.05) is 61.5 Å². The summed E-state index contributed by atoms with van der Waals surface area (Å²) < 4.78 is 17.9. The van der Waals surface area contributed by atoms with Crippen LogP contribution in [0.25, 0.3) is 21.5 Å². The molecule has 3 heteroatoms. The average molecular weight is 319 g/mol. The standard InChI is InChI=1S/C20H16O2P/c1-14(15-7-3-2-4-8-15)16-11-12-20-18(13-16)17-9-5-6-10-19(17)22-23(20)21/h2-14H,1H3/q+1. The van der Waals surface area contributed by atoms with Gasteiger partial charge < -0.3 is 0 Å². The van der Waals surface area contributed by atoms with E-state index in [4.69, 9.17) is 4.20 Å². The van der Waals surface area contributed by atoms with Gasteiger partial charge in [-0.25, -0.2) is 4.20 Å². The highest BCUT2D eigenvalue weighted by Gasteiger charge is 2.18. The smallest absolute Gasteiger partial charge is 0.250 e. The molecule has 0 fully saturated rings. The van der Waals surface area contributed by atoms with Crippen LogP contribution in [0.5, 0.6) is 0 Å². The number of hydrogen-bond acceptors (Lipinski definition) is 2. The Morgan fingerprint density at radius 2 is 1.57 bits per heavy atom. The number of fused-ring (bicyclic) bond motifs is 3. The van der Waals surface area contributed by atoms with Crippen LogP contribution >= 0.6 is 7.65 Å². The highest BCUT2D eigenvalue weighted by atomic mass is 31.1. The summed E-state index contributed by atoms with van der Waals surface area (Å²) in [7, 11) is -1.83. The van der Waals surface area contributed by atoms with Gasteiger partial charge in [0.1, 0.15) is 0 Å². The van der Waals surface area contributed by atoms with Crippen molar-refractivity contribution in [3.8, 4) is 0 Å². The van der Waals surface area contributed by atoms with E-state index in [1.807, 2.05) is 36.4 Å². The molecule has 0 N–H and O–H groups in total. The lowest BCUT2D eigenvalue weighted by Gasteiger charge is -2.12. The van der Waals surface area contributed by atoms with Crippen LogP contribution in [0.3, 0.4) is 0 Å². The van der Waals surface area contributed by atoms with Crippen LogP contribution in [-0.4, -0.2) is 0 Å². The largest absolute Gasteiger partial charge is 0.597 e. The van der Waals surface area contributed by atoms with Crippen molar-refractivity contribution in [3.63, 3.8) is 0 Å². The fraction of sp³-hybridized carbons (Fsp3) is 0.100. The lowest BCUT2D eigenvalue weighted by molar-refractivity contribution is 0.563. The highest BCUT2D eigenvalue weighted by Crippen LogP contribution is 2.37. The minimum atomic E-state index is -1.83. The predicted octanol–water partition coefficient (Wildman–Crippen LogP) is 6.48. The van der Waals surface area contributed by atoms with Crippen LogP contribution < -0.4 is 0 Å². The summed E-state index contributed by atoms with van der Waals surface area (Å²) in [5, 5.41) is 2.81. The molecule has 3 aromatic carbocycles. The fourth-order valence-corrected chi connectivity index (χ4v) is 4.05. The van der Waals surface area contributed by atoms with Crippen LogP contribution in [0, 0.1) is 0 Å². The Labute approximate surface area is 135 Å². The molecule has 0 saturated heterocycles. The van der Waals surface area contributed by atoms with Crippen molar-refractivity contribution in [2.75, 3.05) is 0 Å². The Bertz CT molecular complexity index is 1050.